The topological polar surface area (TPSA) is 26.1 Å². The molecule has 0 aromatic rings. The van der Waals surface area contributed by atoms with Crippen molar-refractivity contribution in [2.45, 2.75) is 6.04 Å². The summed E-state index contributed by atoms with van der Waals surface area (Å²) in [5.74, 6) is 0. The van der Waals surface area contributed by atoms with Gasteiger partial charge in [0.1, 0.15) is 0 Å². The fourth-order valence-electron chi connectivity index (χ4n) is 1.17. The quantitative estimate of drug-likeness (QED) is 0.512. The van der Waals surface area contributed by atoms with Crippen LogP contribution in [0.1, 0.15) is 0 Å². The van der Waals surface area contributed by atoms with Gasteiger partial charge in [0.15, 0.2) is 0 Å². The Kier molecular flexibility index (Phi) is 1.42. The van der Waals surface area contributed by atoms with Crippen LogP contribution in [0.15, 0.2) is 36.0 Å². The summed E-state index contributed by atoms with van der Waals surface area (Å²) >= 11 is 0. The molecular formula is C8H9N2. The smallest absolute Gasteiger partial charge is 0.0847 e. The molecule has 0 amide bonds. The molecule has 1 aliphatic carbocycles. The van der Waals surface area contributed by atoms with Crippen LogP contribution in [0.5, 0.6) is 0 Å². The monoisotopic (exact) mass is 133 g/mol. The lowest BCUT2D eigenvalue weighted by Gasteiger charge is -2.20. The van der Waals surface area contributed by atoms with E-state index in [1.165, 1.54) is 5.57 Å². The molecular weight excluding hydrogens is 124 g/mol. The number of hydrogen-bond acceptors (Lipinski definition) is 1. The Hall–Kier alpha value is -0.860. The van der Waals surface area contributed by atoms with E-state index in [1.54, 1.807) is 0 Å². The standard InChI is InChI=1S/C8H9N2/c1-2-4-8-7(3-1)5-6-9-10-8/h1-5,8-9H,6H2. The highest BCUT2D eigenvalue weighted by Crippen LogP contribution is 2.12. The lowest BCUT2D eigenvalue weighted by atomic mass is 10.0. The Bertz CT molecular complexity index is 213. The average molecular weight is 133 g/mol. The van der Waals surface area contributed by atoms with Gasteiger partial charge in [-0.3, -0.25) is 0 Å². The SMILES string of the molecule is C1=CC2=CCN[N]C2C=C1. The van der Waals surface area contributed by atoms with Crippen molar-refractivity contribution in [1.29, 1.82) is 0 Å². The molecule has 2 nitrogen and oxygen atoms in total. The van der Waals surface area contributed by atoms with Gasteiger partial charge in [0.25, 0.3) is 0 Å². The van der Waals surface area contributed by atoms with Crippen LogP contribution < -0.4 is 10.9 Å². The van der Waals surface area contributed by atoms with Crippen molar-refractivity contribution < 1.29 is 0 Å². The van der Waals surface area contributed by atoms with Crippen LogP contribution in [0.4, 0.5) is 0 Å². The van der Waals surface area contributed by atoms with Crippen LogP contribution in [-0.4, -0.2) is 12.6 Å². The summed E-state index contributed by atoms with van der Waals surface area (Å²) in [5, 5.41) is 0. The predicted molar refractivity (Wildman–Crippen MR) is 40.3 cm³/mol. The molecule has 1 atom stereocenters. The maximum absolute atomic E-state index is 4.20. The van der Waals surface area contributed by atoms with Crippen LogP contribution in [0.25, 0.3) is 0 Å². The minimum atomic E-state index is 0.263. The highest BCUT2D eigenvalue weighted by atomic mass is 15.4. The number of rotatable bonds is 0. The van der Waals surface area contributed by atoms with Gasteiger partial charge < -0.3 is 0 Å². The van der Waals surface area contributed by atoms with Gasteiger partial charge in [-0.2, -0.15) is 5.43 Å². The molecule has 0 saturated carbocycles. The number of fused-ring (bicyclic) bond motifs is 1. The molecule has 2 aliphatic rings. The molecule has 0 aromatic carbocycles. The zero-order valence-corrected chi connectivity index (χ0v) is 5.62. The Morgan fingerprint density at radius 1 is 1.50 bits per heavy atom. The van der Waals surface area contributed by atoms with Gasteiger partial charge in [0, 0.05) is 6.54 Å². The Balaban J connectivity index is 2.27. The fraction of sp³-hybridized carbons (Fsp3) is 0.250. The van der Waals surface area contributed by atoms with E-state index in [4.69, 9.17) is 0 Å². The summed E-state index contributed by atoms with van der Waals surface area (Å²) in [6, 6.07) is 0.263. The first-order valence-electron chi connectivity index (χ1n) is 3.44. The second-order valence-electron chi connectivity index (χ2n) is 2.38. The summed E-state index contributed by atoms with van der Waals surface area (Å²) in [4.78, 5) is 0. The number of nitrogens with zero attached hydrogens (tertiary/aromatic N) is 1. The van der Waals surface area contributed by atoms with E-state index in [0.717, 1.165) is 6.54 Å². The number of nitrogens with one attached hydrogen (secondary N) is 1. The van der Waals surface area contributed by atoms with Crippen molar-refractivity contribution >= 4 is 0 Å². The van der Waals surface area contributed by atoms with E-state index >= 15 is 0 Å². The largest absolute Gasteiger partial charge is 0.235 e. The molecule has 1 N–H and O–H groups in total. The highest BCUT2D eigenvalue weighted by Gasteiger charge is 2.13. The van der Waals surface area contributed by atoms with Crippen LogP contribution in [0.2, 0.25) is 0 Å². The molecule has 0 spiro atoms. The van der Waals surface area contributed by atoms with Crippen molar-refractivity contribution in [3.05, 3.63) is 36.0 Å². The summed E-state index contributed by atoms with van der Waals surface area (Å²) in [6.45, 7) is 0.865. The minimum Gasteiger partial charge on any atom is -0.235 e. The first-order valence-corrected chi connectivity index (χ1v) is 3.44. The maximum Gasteiger partial charge on any atom is 0.0847 e. The molecule has 1 unspecified atom stereocenters. The zero-order valence-electron chi connectivity index (χ0n) is 5.62. The zero-order chi connectivity index (χ0) is 6.81. The normalized spacial score (nSPS) is 29.6. The van der Waals surface area contributed by atoms with Crippen molar-refractivity contribution in [3.63, 3.8) is 0 Å². The third-order valence-electron chi connectivity index (χ3n) is 1.69. The fourth-order valence-corrected chi connectivity index (χ4v) is 1.17. The molecule has 1 radical (unpaired) electrons. The van der Waals surface area contributed by atoms with Gasteiger partial charge in [-0.25, -0.2) is 5.43 Å². The molecule has 10 heavy (non-hydrogen) atoms. The molecule has 51 valence electrons. The Morgan fingerprint density at radius 2 is 2.50 bits per heavy atom. The molecule has 0 aromatic heterocycles. The van der Waals surface area contributed by atoms with E-state index in [0.29, 0.717) is 0 Å². The first kappa shape index (κ1) is 5.89. The summed E-state index contributed by atoms with van der Waals surface area (Å²) in [7, 11) is 0. The molecule has 2 rings (SSSR count). The molecule has 0 saturated heterocycles. The summed E-state index contributed by atoms with van der Waals surface area (Å²) in [6.07, 6.45) is 10.4. The summed E-state index contributed by atoms with van der Waals surface area (Å²) < 4.78 is 0. The van der Waals surface area contributed by atoms with Crippen LogP contribution in [-0.2, 0) is 0 Å². The molecule has 1 heterocycles. The van der Waals surface area contributed by atoms with Gasteiger partial charge in [-0.05, 0) is 5.57 Å². The molecule has 2 heteroatoms. The van der Waals surface area contributed by atoms with E-state index in [1.807, 2.05) is 12.2 Å². The second kappa shape index (κ2) is 2.40. The van der Waals surface area contributed by atoms with Gasteiger partial charge in [-0.1, -0.05) is 30.4 Å². The Labute approximate surface area is 60.3 Å². The van der Waals surface area contributed by atoms with E-state index < -0.39 is 0 Å². The molecule has 0 fully saturated rings. The predicted octanol–water partition coefficient (Wildman–Crippen LogP) is 0.530. The highest BCUT2D eigenvalue weighted by molar-refractivity contribution is 5.37. The second-order valence-corrected chi connectivity index (χ2v) is 2.38. The van der Waals surface area contributed by atoms with E-state index in [2.05, 4.69) is 29.1 Å². The van der Waals surface area contributed by atoms with Crippen molar-refractivity contribution in [2.24, 2.45) is 0 Å². The minimum absolute atomic E-state index is 0.263. The van der Waals surface area contributed by atoms with Crippen molar-refractivity contribution in [2.75, 3.05) is 6.54 Å². The van der Waals surface area contributed by atoms with Gasteiger partial charge in [-0.15, -0.1) is 0 Å². The molecule has 1 aliphatic heterocycles. The first-order chi connectivity index (χ1) is 4.97. The van der Waals surface area contributed by atoms with Gasteiger partial charge in [0.05, 0.1) is 6.04 Å². The van der Waals surface area contributed by atoms with Crippen LogP contribution >= 0.6 is 0 Å². The van der Waals surface area contributed by atoms with Gasteiger partial charge in [0.2, 0.25) is 0 Å². The van der Waals surface area contributed by atoms with Crippen molar-refractivity contribution in [3.8, 4) is 0 Å². The van der Waals surface area contributed by atoms with Crippen LogP contribution in [0.3, 0.4) is 0 Å². The summed E-state index contributed by atoms with van der Waals surface area (Å²) in [5.41, 5.74) is 8.45. The van der Waals surface area contributed by atoms with Crippen LogP contribution in [0, 0.1) is 0 Å². The number of allylic oxidation sites excluding steroid dienone is 2. The Morgan fingerprint density at radius 3 is 3.40 bits per heavy atom. The average Bonchev–Trinajstić information content (AvgIpc) is 2.05. The lowest BCUT2D eigenvalue weighted by molar-refractivity contribution is 0.507. The van der Waals surface area contributed by atoms with Crippen molar-refractivity contribution in [1.82, 2.24) is 10.9 Å². The lowest BCUT2D eigenvalue weighted by Crippen LogP contribution is -2.38. The van der Waals surface area contributed by atoms with E-state index in [-0.39, 0.29) is 6.04 Å². The number of hydrogen-bond donors (Lipinski definition) is 1. The third-order valence-corrected chi connectivity index (χ3v) is 1.69. The molecule has 0 bridgehead atoms. The van der Waals surface area contributed by atoms with E-state index in [9.17, 15) is 0 Å². The van der Waals surface area contributed by atoms with Gasteiger partial charge >= 0.3 is 0 Å². The third kappa shape index (κ3) is 0.916. The maximum atomic E-state index is 4.20.